The lowest BCUT2D eigenvalue weighted by Crippen LogP contribution is -2.55. The molecule has 0 bridgehead atoms. The molecule has 0 aromatic rings. The zero-order valence-corrected chi connectivity index (χ0v) is 12.6. The SMILES string of the molecule is CC1CCC(C)N1C(C)C(=O)N[C@@H]1CCCC[C@H]1N. The Kier molecular flexibility index (Phi) is 4.85. The Balaban J connectivity index is 1.91. The fourth-order valence-electron chi connectivity index (χ4n) is 3.76. The van der Waals surface area contributed by atoms with Gasteiger partial charge in [0.05, 0.1) is 6.04 Å². The predicted octanol–water partition coefficient (Wildman–Crippen LogP) is 1.63. The predicted molar refractivity (Wildman–Crippen MR) is 77.8 cm³/mol. The maximum absolute atomic E-state index is 12.4. The van der Waals surface area contributed by atoms with Crippen LogP contribution < -0.4 is 11.1 Å². The smallest absolute Gasteiger partial charge is 0.237 e. The highest BCUT2D eigenvalue weighted by Crippen LogP contribution is 2.26. The van der Waals surface area contributed by atoms with E-state index < -0.39 is 0 Å². The fourth-order valence-corrected chi connectivity index (χ4v) is 3.76. The Hall–Kier alpha value is -0.610. The lowest BCUT2D eigenvalue weighted by Gasteiger charge is -2.35. The molecule has 0 radical (unpaired) electrons. The molecule has 3 N–H and O–H groups in total. The Labute approximate surface area is 117 Å². The summed E-state index contributed by atoms with van der Waals surface area (Å²) < 4.78 is 0. The molecule has 1 saturated heterocycles. The van der Waals surface area contributed by atoms with Gasteiger partial charge in [0.1, 0.15) is 0 Å². The van der Waals surface area contributed by atoms with Gasteiger partial charge >= 0.3 is 0 Å². The van der Waals surface area contributed by atoms with Crippen LogP contribution in [-0.2, 0) is 4.79 Å². The first kappa shape index (κ1) is 14.8. The number of amides is 1. The normalized spacial score (nSPS) is 38.1. The maximum atomic E-state index is 12.4. The Bertz CT molecular complexity index is 311. The van der Waals surface area contributed by atoms with Gasteiger partial charge in [-0.05, 0) is 46.5 Å². The summed E-state index contributed by atoms with van der Waals surface area (Å²) in [5.41, 5.74) is 6.11. The summed E-state index contributed by atoms with van der Waals surface area (Å²) in [5.74, 6) is 0.156. The van der Waals surface area contributed by atoms with E-state index in [4.69, 9.17) is 5.73 Å². The Morgan fingerprint density at radius 1 is 1.16 bits per heavy atom. The van der Waals surface area contributed by atoms with Crippen LogP contribution in [0.5, 0.6) is 0 Å². The highest BCUT2D eigenvalue weighted by molar-refractivity contribution is 5.81. The number of hydrogen-bond donors (Lipinski definition) is 2. The third kappa shape index (κ3) is 3.29. The molecular weight excluding hydrogens is 238 g/mol. The average molecular weight is 267 g/mol. The fraction of sp³-hybridized carbons (Fsp3) is 0.933. The average Bonchev–Trinajstić information content (AvgIpc) is 2.71. The van der Waals surface area contributed by atoms with Gasteiger partial charge in [-0.3, -0.25) is 9.69 Å². The Morgan fingerprint density at radius 2 is 1.74 bits per heavy atom. The number of carbonyl (C=O) groups is 1. The molecular formula is C15H29N3O. The van der Waals surface area contributed by atoms with Crippen LogP contribution in [0.2, 0.25) is 0 Å². The van der Waals surface area contributed by atoms with Crippen molar-refractivity contribution < 1.29 is 4.79 Å². The van der Waals surface area contributed by atoms with Crippen molar-refractivity contribution in [2.75, 3.05) is 0 Å². The van der Waals surface area contributed by atoms with E-state index in [1.54, 1.807) is 0 Å². The van der Waals surface area contributed by atoms with E-state index in [9.17, 15) is 4.79 Å². The summed E-state index contributed by atoms with van der Waals surface area (Å²) >= 11 is 0. The van der Waals surface area contributed by atoms with Gasteiger partial charge in [-0.15, -0.1) is 0 Å². The van der Waals surface area contributed by atoms with Crippen molar-refractivity contribution in [1.82, 2.24) is 10.2 Å². The topological polar surface area (TPSA) is 58.4 Å². The van der Waals surface area contributed by atoms with E-state index in [0.29, 0.717) is 12.1 Å². The molecule has 5 atom stereocenters. The van der Waals surface area contributed by atoms with Crippen molar-refractivity contribution in [2.24, 2.45) is 5.73 Å². The van der Waals surface area contributed by atoms with Gasteiger partial charge in [0.15, 0.2) is 0 Å². The molecule has 1 heterocycles. The second-order valence-electron chi connectivity index (χ2n) is 6.46. The van der Waals surface area contributed by atoms with Crippen LogP contribution in [0.15, 0.2) is 0 Å². The molecule has 4 heteroatoms. The van der Waals surface area contributed by atoms with Gasteiger partial charge < -0.3 is 11.1 Å². The highest BCUT2D eigenvalue weighted by atomic mass is 16.2. The molecule has 2 fully saturated rings. The van der Waals surface area contributed by atoms with Crippen molar-refractivity contribution in [3.05, 3.63) is 0 Å². The van der Waals surface area contributed by atoms with Crippen LogP contribution in [-0.4, -0.2) is 41.0 Å². The molecule has 2 aliphatic rings. The first-order valence-electron chi connectivity index (χ1n) is 7.84. The molecule has 0 spiro atoms. The minimum absolute atomic E-state index is 0.0402. The standard InChI is InChI=1S/C15H29N3O/c1-10-8-9-11(2)18(10)12(3)15(19)17-14-7-5-4-6-13(14)16/h10-14H,4-9,16H2,1-3H3,(H,17,19)/t10?,11?,12?,13-,14-/m1/s1. The number of likely N-dealkylation sites (tertiary alicyclic amines) is 1. The van der Waals surface area contributed by atoms with Gasteiger partial charge in [0, 0.05) is 24.2 Å². The van der Waals surface area contributed by atoms with Crippen molar-refractivity contribution in [3.8, 4) is 0 Å². The zero-order valence-electron chi connectivity index (χ0n) is 12.6. The van der Waals surface area contributed by atoms with Crippen LogP contribution in [0.4, 0.5) is 0 Å². The van der Waals surface area contributed by atoms with E-state index in [1.165, 1.54) is 25.7 Å². The molecule has 0 aromatic carbocycles. The van der Waals surface area contributed by atoms with Crippen molar-refractivity contribution in [3.63, 3.8) is 0 Å². The first-order chi connectivity index (χ1) is 9.00. The highest BCUT2D eigenvalue weighted by Gasteiger charge is 2.35. The Morgan fingerprint density at radius 3 is 2.32 bits per heavy atom. The van der Waals surface area contributed by atoms with Crippen LogP contribution in [0.3, 0.4) is 0 Å². The van der Waals surface area contributed by atoms with Crippen LogP contribution in [0.25, 0.3) is 0 Å². The second kappa shape index (κ2) is 6.23. The summed E-state index contributed by atoms with van der Waals surface area (Å²) in [6, 6.07) is 1.29. The van der Waals surface area contributed by atoms with Gasteiger partial charge in [0.2, 0.25) is 5.91 Å². The first-order valence-corrected chi connectivity index (χ1v) is 7.84. The summed E-state index contributed by atoms with van der Waals surface area (Å²) in [4.78, 5) is 14.8. The number of carbonyl (C=O) groups excluding carboxylic acids is 1. The summed E-state index contributed by atoms with van der Waals surface area (Å²) in [5, 5.41) is 3.18. The molecule has 19 heavy (non-hydrogen) atoms. The van der Waals surface area contributed by atoms with Crippen molar-refractivity contribution in [1.29, 1.82) is 0 Å². The molecule has 1 aliphatic heterocycles. The van der Waals surface area contributed by atoms with Gasteiger partial charge in [-0.2, -0.15) is 0 Å². The van der Waals surface area contributed by atoms with Crippen LogP contribution in [0, 0.1) is 0 Å². The summed E-state index contributed by atoms with van der Waals surface area (Å²) in [6.45, 7) is 6.47. The number of rotatable bonds is 3. The maximum Gasteiger partial charge on any atom is 0.237 e. The second-order valence-corrected chi connectivity index (χ2v) is 6.46. The van der Waals surface area contributed by atoms with Crippen molar-refractivity contribution in [2.45, 2.75) is 89.5 Å². The van der Waals surface area contributed by atoms with Gasteiger partial charge in [0.25, 0.3) is 0 Å². The lowest BCUT2D eigenvalue weighted by molar-refractivity contribution is -0.127. The minimum atomic E-state index is -0.0402. The number of nitrogens with two attached hydrogens (primary N) is 1. The monoisotopic (exact) mass is 267 g/mol. The van der Waals surface area contributed by atoms with Crippen LogP contribution >= 0.6 is 0 Å². The third-order valence-electron chi connectivity index (χ3n) is 4.99. The molecule has 3 unspecified atom stereocenters. The molecule has 0 aromatic heterocycles. The van der Waals surface area contributed by atoms with E-state index >= 15 is 0 Å². The minimum Gasteiger partial charge on any atom is -0.350 e. The van der Waals surface area contributed by atoms with E-state index in [1.807, 2.05) is 6.92 Å². The molecule has 2 rings (SSSR count). The summed E-state index contributed by atoms with van der Waals surface area (Å²) in [7, 11) is 0. The van der Waals surface area contributed by atoms with Gasteiger partial charge in [-0.25, -0.2) is 0 Å². The van der Waals surface area contributed by atoms with E-state index in [2.05, 4.69) is 24.1 Å². The molecule has 1 amide bonds. The molecule has 110 valence electrons. The number of nitrogens with zero attached hydrogens (tertiary/aromatic N) is 1. The lowest BCUT2D eigenvalue weighted by atomic mass is 9.91. The molecule has 1 saturated carbocycles. The number of nitrogens with one attached hydrogen (secondary N) is 1. The van der Waals surface area contributed by atoms with Gasteiger partial charge in [-0.1, -0.05) is 12.8 Å². The third-order valence-corrected chi connectivity index (χ3v) is 4.99. The molecule has 4 nitrogen and oxygen atoms in total. The van der Waals surface area contributed by atoms with E-state index in [-0.39, 0.29) is 24.0 Å². The zero-order chi connectivity index (χ0) is 14.0. The molecule has 1 aliphatic carbocycles. The van der Waals surface area contributed by atoms with Crippen molar-refractivity contribution >= 4 is 5.91 Å². The van der Waals surface area contributed by atoms with Crippen LogP contribution in [0.1, 0.15) is 59.3 Å². The summed E-state index contributed by atoms with van der Waals surface area (Å²) in [6.07, 6.45) is 6.84. The van der Waals surface area contributed by atoms with E-state index in [0.717, 1.165) is 12.8 Å². The largest absolute Gasteiger partial charge is 0.350 e. The quantitative estimate of drug-likeness (QED) is 0.817. The number of hydrogen-bond acceptors (Lipinski definition) is 3.